The Morgan fingerprint density at radius 2 is 1.73 bits per heavy atom. The van der Waals surface area contributed by atoms with Crippen LogP contribution in [0.2, 0.25) is 0 Å². The molecular weight excluding hydrogens is 395 g/mol. The van der Waals surface area contributed by atoms with E-state index in [-0.39, 0.29) is 30.9 Å². The van der Waals surface area contributed by atoms with E-state index in [1.165, 1.54) is 17.0 Å². The minimum Gasteiger partial charge on any atom is -0.478 e. The summed E-state index contributed by atoms with van der Waals surface area (Å²) in [6, 6.07) is 13.1. The fourth-order valence-corrected chi connectivity index (χ4v) is 3.36. The standard InChI is InChI=1S/C23H20F3NO3/c24-18(14-16-4-2-1-3-5-16)21(25)22(26)19-10-11-20(28)27(19)13-12-15-6-8-17(9-7-15)23(29)30/h1-9,14,19H,10-13H2,(H,29,30)/b18-14+,22-21-/t19-/m1/s1. The molecule has 0 radical (unpaired) electrons. The SMILES string of the molecule is O=C(O)c1ccc(CCN2C(=O)CC[C@@H]2/C(F)=C(F)\C(F)=C/c2ccccc2)cc1. The molecule has 2 aromatic carbocycles. The molecule has 1 fully saturated rings. The average Bonchev–Trinajstić information content (AvgIpc) is 3.12. The van der Waals surface area contributed by atoms with Crippen molar-refractivity contribution in [2.24, 2.45) is 0 Å². The van der Waals surface area contributed by atoms with Gasteiger partial charge in [-0.2, -0.15) is 0 Å². The van der Waals surface area contributed by atoms with Crippen molar-refractivity contribution < 1.29 is 27.9 Å². The minimum absolute atomic E-state index is 0.0489. The molecule has 7 heteroatoms. The number of carboxylic acids is 1. The van der Waals surface area contributed by atoms with Crippen LogP contribution < -0.4 is 0 Å². The summed E-state index contributed by atoms with van der Waals surface area (Å²) in [5.41, 5.74) is 1.27. The van der Waals surface area contributed by atoms with Gasteiger partial charge in [-0.15, -0.1) is 0 Å². The number of halogens is 3. The predicted molar refractivity (Wildman–Crippen MR) is 107 cm³/mol. The monoisotopic (exact) mass is 415 g/mol. The van der Waals surface area contributed by atoms with Crippen LogP contribution in [-0.4, -0.2) is 34.5 Å². The first-order valence-corrected chi connectivity index (χ1v) is 9.46. The minimum atomic E-state index is -1.60. The zero-order valence-electron chi connectivity index (χ0n) is 16.0. The summed E-state index contributed by atoms with van der Waals surface area (Å²) in [7, 11) is 0. The Hall–Kier alpha value is -3.35. The molecule has 2 aromatic rings. The second kappa shape index (κ2) is 9.43. The van der Waals surface area contributed by atoms with Gasteiger partial charge in [0.15, 0.2) is 17.5 Å². The van der Waals surface area contributed by atoms with Gasteiger partial charge in [0.1, 0.15) is 0 Å². The smallest absolute Gasteiger partial charge is 0.335 e. The van der Waals surface area contributed by atoms with Gasteiger partial charge in [0, 0.05) is 13.0 Å². The van der Waals surface area contributed by atoms with Crippen LogP contribution in [0.4, 0.5) is 13.2 Å². The van der Waals surface area contributed by atoms with Gasteiger partial charge < -0.3 is 10.0 Å². The summed E-state index contributed by atoms with van der Waals surface area (Å²) in [6.07, 6.45) is 1.35. The fourth-order valence-electron chi connectivity index (χ4n) is 3.36. The average molecular weight is 415 g/mol. The Kier molecular flexibility index (Phi) is 6.72. The third-order valence-corrected chi connectivity index (χ3v) is 4.98. The van der Waals surface area contributed by atoms with Crippen molar-refractivity contribution in [3.63, 3.8) is 0 Å². The summed E-state index contributed by atoms with van der Waals surface area (Å²) in [5.74, 6) is -5.62. The zero-order valence-corrected chi connectivity index (χ0v) is 16.0. The predicted octanol–water partition coefficient (Wildman–Crippen LogP) is 5.08. The molecule has 1 aliphatic rings. The molecule has 0 bridgehead atoms. The zero-order chi connectivity index (χ0) is 21.7. The largest absolute Gasteiger partial charge is 0.478 e. The van der Waals surface area contributed by atoms with Crippen LogP contribution in [0.1, 0.15) is 34.3 Å². The number of carboxylic acid groups (broad SMARTS) is 1. The van der Waals surface area contributed by atoms with Crippen molar-refractivity contribution in [3.8, 4) is 0 Å². The van der Waals surface area contributed by atoms with E-state index in [2.05, 4.69) is 0 Å². The van der Waals surface area contributed by atoms with Gasteiger partial charge in [0.2, 0.25) is 5.91 Å². The molecule has 1 atom stereocenters. The number of carbonyl (C=O) groups is 2. The summed E-state index contributed by atoms with van der Waals surface area (Å²) < 4.78 is 43.3. The highest BCUT2D eigenvalue weighted by Gasteiger charge is 2.36. The lowest BCUT2D eigenvalue weighted by Gasteiger charge is -2.24. The molecule has 1 saturated heterocycles. The molecule has 1 N–H and O–H groups in total. The van der Waals surface area contributed by atoms with E-state index in [0.29, 0.717) is 12.0 Å². The van der Waals surface area contributed by atoms with E-state index >= 15 is 0 Å². The number of nitrogens with zero attached hydrogens (tertiary/aromatic N) is 1. The quantitative estimate of drug-likeness (QED) is 0.642. The lowest BCUT2D eigenvalue weighted by molar-refractivity contribution is -0.128. The van der Waals surface area contributed by atoms with Crippen molar-refractivity contribution in [2.75, 3.05) is 6.54 Å². The Morgan fingerprint density at radius 1 is 1.07 bits per heavy atom. The Bertz CT molecular complexity index is 985. The molecule has 0 spiro atoms. The molecule has 0 saturated carbocycles. The van der Waals surface area contributed by atoms with Gasteiger partial charge >= 0.3 is 5.97 Å². The van der Waals surface area contributed by atoms with Crippen molar-refractivity contribution in [1.29, 1.82) is 0 Å². The lowest BCUT2D eigenvalue weighted by Crippen LogP contribution is -2.35. The number of hydrogen-bond donors (Lipinski definition) is 1. The first kappa shape index (κ1) is 21.4. The van der Waals surface area contributed by atoms with E-state index in [1.807, 2.05) is 0 Å². The van der Waals surface area contributed by atoms with Crippen molar-refractivity contribution >= 4 is 18.0 Å². The van der Waals surface area contributed by atoms with Crippen LogP contribution >= 0.6 is 0 Å². The second-order valence-electron chi connectivity index (χ2n) is 6.96. The Labute approximate surface area is 171 Å². The van der Waals surface area contributed by atoms with E-state index in [4.69, 9.17) is 5.11 Å². The lowest BCUT2D eigenvalue weighted by atomic mass is 10.1. The number of allylic oxidation sites excluding steroid dienone is 2. The summed E-state index contributed by atoms with van der Waals surface area (Å²) in [5, 5.41) is 8.93. The van der Waals surface area contributed by atoms with Crippen LogP contribution in [0.3, 0.4) is 0 Å². The van der Waals surface area contributed by atoms with Crippen LogP contribution in [0.25, 0.3) is 6.08 Å². The summed E-state index contributed by atoms with van der Waals surface area (Å²) in [4.78, 5) is 24.3. The van der Waals surface area contributed by atoms with E-state index in [9.17, 15) is 22.8 Å². The highest BCUT2D eigenvalue weighted by molar-refractivity contribution is 5.87. The number of rotatable bonds is 7. The third kappa shape index (κ3) is 4.97. The van der Waals surface area contributed by atoms with Gasteiger partial charge in [-0.3, -0.25) is 4.79 Å². The molecule has 1 aliphatic heterocycles. The summed E-state index contributed by atoms with van der Waals surface area (Å²) >= 11 is 0. The highest BCUT2D eigenvalue weighted by Crippen LogP contribution is 2.32. The van der Waals surface area contributed by atoms with Crippen LogP contribution in [-0.2, 0) is 11.2 Å². The molecule has 1 heterocycles. The number of aromatic carboxylic acids is 1. The van der Waals surface area contributed by atoms with Gasteiger partial charge in [-0.25, -0.2) is 18.0 Å². The van der Waals surface area contributed by atoms with Crippen molar-refractivity contribution in [3.05, 3.63) is 88.8 Å². The number of hydrogen-bond acceptors (Lipinski definition) is 2. The van der Waals surface area contributed by atoms with Crippen LogP contribution in [0, 0.1) is 0 Å². The van der Waals surface area contributed by atoms with Gasteiger partial charge in [-0.1, -0.05) is 42.5 Å². The molecule has 156 valence electrons. The van der Waals surface area contributed by atoms with E-state index in [0.717, 1.165) is 11.6 Å². The molecule has 3 rings (SSSR count). The topological polar surface area (TPSA) is 57.6 Å². The maximum Gasteiger partial charge on any atom is 0.335 e. The van der Waals surface area contributed by atoms with Crippen LogP contribution in [0.5, 0.6) is 0 Å². The Morgan fingerprint density at radius 3 is 2.37 bits per heavy atom. The van der Waals surface area contributed by atoms with E-state index < -0.39 is 29.5 Å². The van der Waals surface area contributed by atoms with Gasteiger partial charge in [0.05, 0.1) is 11.6 Å². The second-order valence-corrected chi connectivity index (χ2v) is 6.96. The Balaban J connectivity index is 1.73. The molecular formula is C23H20F3NO3. The normalized spacial score (nSPS) is 17.8. The number of amides is 1. The molecule has 0 aromatic heterocycles. The number of likely N-dealkylation sites (tertiary alicyclic amines) is 1. The van der Waals surface area contributed by atoms with E-state index in [1.54, 1.807) is 42.5 Å². The van der Waals surface area contributed by atoms with Crippen LogP contribution in [0.15, 0.2) is 72.1 Å². The molecule has 0 aliphatic carbocycles. The highest BCUT2D eigenvalue weighted by atomic mass is 19.2. The van der Waals surface area contributed by atoms with Gasteiger partial charge in [0.25, 0.3) is 0 Å². The molecule has 30 heavy (non-hydrogen) atoms. The van der Waals surface area contributed by atoms with Crippen molar-refractivity contribution in [2.45, 2.75) is 25.3 Å². The molecule has 1 amide bonds. The first-order valence-electron chi connectivity index (χ1n) is 9.46. The van der Waals surface area contributed by atoms with Gasteiger partial charge in [-0.05, 0) is 42.2 Å². The first-order chi connectivity index (χ1) is 14.4. The third-order valence-electron chi connectivity index (χ3n) is 4.98. The number of carbonyl (C=O) groups excluding carboxylic acids is 1. The van der Waals surface area contributed by atoms with Crippen molar-refractivity contribution in [1.82, 2.24) is 4.90 Å². The maximum atomic E-state index is 14.7. The number of benzene rings is 2. The summed E-state index contributed by atoms with van der Waals surface area (Å²) in [6.45, 7) is 0.112. The molecule has 0 unspecified atom stereocenters. The fraction of sp³-hybridized carbons (Fsp3) is 0.217. The molecule has 4 nitrogen and oxygen atoms in total. The maximum absolute atomic E-state index is 14.7.